The van der Waals surface area contributed by atoms with Crippen molar-refractivity contribution in [3.63, 3.8) is 0 Å². The Hall–Kier alpha value is -1.03. The molecule has 0 aliphatic rings. The molecule has 0 amide bonds. The molecule has 20 heavy (non-hydrogen) atoms. The van der Waals surface area contributed by atoms with Crippen molar-refractivity contribution in [1.29, 1.82) is 0 Å². The summed E-state index contributed by atoms with van der Waals surface area (Å²) >= 11 is 9.53. The van der Waals surface area contributed by atoms with Crippen LogP contribution in [-0.4, -0.2) is 11.7 Å². The van der Waals surface area contributed by atoms with Crippen molar-refractivity contribution < 1.29 is 5.11 Å². The van der Waals surface area contributed by atoms with E-state index in [0.29, 0.717) is 6.54 Å². The van der Waals surface area contributed by atoms with Crippen LogP contribution in [0.2, 0.25) is 5.02 Å². The highest BCUT2D eigenvalue weighted by atomic mass is 79.9. The van der Waals surface area contributed by atoms with Gasteiger partial charge in [-0.1, -0.05) is 39.7 Å². The van der Waals surface area contributed by atoms with Crippen LogP contribution in [0.3, 0.4) is 0 Å². The van der Waals surface area contributed by atoms with Gasteiger partial charge >= 0.3 is 0 Å². The third kappa shape index (κ3) is 4.51. The van der Waals surface area contributed by atoms with Crippen LogP contribution < -0.4 is 5.32 Å². The predicted octanol–water partition coefficient (Wildman–Crippen LogP) is 4.64. The number of aryl methyl sites for hydroxylation is 1. The lowest BCUT2D eigenvalue weighted by molar-refractivity contribution is 0.288. The number of aliphatic hydroxyl groups is 1. The molecule has 2 aromatic rings. The van der Waals surface area contributed by atoms with E-state index in [-0.39, 0.29) is 6.61 Å². The lowest BCUT2D eigenvalue weighted by Crippen LogP contribution is -2.01. The molecule has 0 saturated heterocycles. The summed E-state index contributed by atoms with van der Waals surface area (Å²) in [6.45, 7) is 0.942. The standard InChI is InChI=1S/C16H17BrClNO/c17-16-7-6-14(18)10-13(16)11-19-15-5-1-3-12(9-15)4-2-8-20/h1,3,5-7,9-10,19-20H,2,4,8,11H2. The molecule has 0 heterocycles. The van der Waals surface area contributed by atoms with Crippen molar-refractivity contribution in [3.05, 3.63) is 63.1 Å². The first-order valence-electron chi connectivity index (χ1n) is 6.56. The van der Waals surface area contributed by atoms with Gasteiger partial charge in [-0.25, -0.2) is 0 Å². The Balaban J connectivity index is 2.01. The van der Waals surface area contributed by atoms with Crippen molar-refractivity contribution in [1.82, 2.24) is 0 Å². The maximum absolute atomic E-state index is 8.87. The molecule has 106 valence electrons. The second kappa shape index (κ2) is 7.67. The molecule has 2 rings (SSSR count). The third-order valence-electron chi connectivity index (χ3n) is 3.04. The van der Waals surface area contributed by atoms with Crippen LogP contribution in [0, 0.1) is 0 Å². The van der Waals surface area contributed by atoms with E-state index in [4.69, 9.17) is 16.7 Å². The van der Waals surface area contributed by atoms with Crippen molar-refractivity contribution in [2.45, 2.75) is 19.4 Å². The minimum absolute atomic E-state index is 0.229. The average Bonchev–Trinajstić information content (AvgIpc) is 2.46. The number of aliphatic hydroxyl groups excluding tert-OH is 1. The Morgan fingerprint density at radius 3 is 2.80 bits per heavy atom. The number of benzene rings is 2. The summed E-state index contributed by atoms with van der Waals surface area (Å²) in [4.78, 5) is 0. The van der Waals surface area contributed by atoms with Crippen LogP contribution in [0.25, 0.3) is 0 Å². The largest absolute Gasteiger partial charge is 0.396 e. The Morgan fingerprint density at radius 2 is 2.00 bits per heavy atom. The van der Waals surface area contributed by atoms with E-state index in [1.165, 1.54) is 5.56 Å². The molecule has 0 bridgehead atoms. The van der Waals surface area contributed by atoms with E-state index in [0.717, 1.165) is 33.6 Å². The number of anilines is 1. The fourth-order valence-corrected chi connectivity index (χ4v) is 2.58. The predicted molar refractivity (Wildman–Crippen MR) is 88.3 cm³/mol. The first kappa shape index (κ1) is 15.4. The fraction of sp³-hybridized carbons (Fsp3) is 0.250. The van der Waals surface area contributed by atoms with E-state index in [1.807, 2.05) is 30.3 Å². The number of halogens is 2. The number of nitrogens with one attached hydrogen (secondary N) is 1. The smallest absolute Gasteiger partial charge is 0.0434 e. The summed E-state index contributed by atoms with van der Waals surface area (Å²) in [7, 11) is 0. The number of hydrogen-bond acceptors (Lipinski definition) is 2. The molecular weight excluding hydrogens is 338 g/mol. The Labute approximate surface area is 132 Å². The molecular formula is C16H17BrClNO. The second-order valence-corrected chi connectivity index (χ2v) is 5.91. The average molecular weight is 355 g/mol. The van der Waals surface area contributed by atoms with E-state index in [2.05, 4.69) is 33.4 Å². The normalized spacial score (nSPS) is 10.6. The zero-order valence-electron chi connectivity index (χ0n) is 11.1. The minimum Gasteiger partial charge on any atom is -0.396 e. The fourth-order valence-electron chi connectivity index (χ4n) is 2.00. The zero-order valence-corrected chi connectivity index (χ0v) is 13.4. The molecule has 2 nitrogen and oxygen atoms in total. The van der Waals surface area contributed by atoms with Crippen molar-refractivity contribution in [2.24, 2.45) is 0 Å². The van der Waals surface area contributed by atoms with Gasteiger partial charge in [-0.2, -0.15) is 0 Å². The molecule has 4 heteroatoms. The quantitative estimate of drug-likeness (QED) is 0.792. The van der Waals surface area contributed by atoms with Crippen LogP contribution >= 0.6 is 27.5 Å². The highest BCUT2D eigenvalue weighted by Gasteiger charge is 2.02. The zero-order chi connectivity index (χ0) is 14.4. The van der Waals surface area contributed by atoms with Crippen LogP contribution in [0.15, 0.2) is 46.9 Å². The topological polar surface area (TPSA) is 32.3 Å². The monoisotopic (exact) mass is 353 g/mol. The van der Waals surface area contributed by atoms with Gasteiger partial charge in [-0.3, -0.25) is 0 Å². The molecule has 0 spiro atoms. The van der Waals surface area contributed by atoms with Gasteiger partial charge in [0.25, 0.3) is 0 Å². The van der Waals surface area contributed by atoms with Crippen molar-refractivity contribution in [3.8, 4) is 0 Å². The highest BCUT2D eigenvalue weighted by Crippen LogP contribution is 2.22. The maximum atomic E-state index is 8.87. The van der Waals surface area contributed by atoms with Crippen LogP contribution in [-0.2, 0) is 13.0 Å². The molecule has 0 atom stereocenters. The first-order chi connectivity index (χ1) is 9.69. The molecule has 0 radical (unpaired) electrons. The Kier molecular flexibility index (Phi) is 5.89. The van der Waals surface area contributed by atoms with Gasteiger partial charge in [-0.05, 0) is 54.3 Å². The first-order valence-corrected chi connectivity index (χ1v) is 7.74. The van der Waals surface area contributed by atoms with Crippen LogP contribution in [0.1, 0.15) is 17.5 Å². The SMILES string of the molecule is OCCCc1cccc(NCc2cc(Cl)ccc2Br)c1. The van der Waals surface area contributed by atoms with Gasteiger partial charge in [0.1, 0.15) is 0 Å². The van der Waals surface area contributed by atoms with E-state index in [9.17, 15) is 0 Å². The lowest BCUT2D eigenvalue weighted by atomic mass is 10.1. The molecule has 0 unspecified atom stereocenters. The number of hydrogen-bond donors (Lipinski definition) is 2. The van der Waals surface area contributed by atoms with Crippen molar-refractivity contribution >= 4 is 33.2 Å². The molecule has 0 aliphatic heterocycles. The molecule has 0 saturated carbocycles. The lowest BCUT2D eigenvalue weighted by Gasteiger charge is -2.10. The minimum atomic E-state index is 0.229. The molecule has 0 aliphatic carbocycles. The summed E-state index contributed by atoms with van der Waals surface area (Å²) < 4.78 is 1.05. The summed E-state index contributed by atoms with van der Waals surface area (Å²) in [6, 6.07) is 14.0. The summed E-state index contributed by atoms with van der Waals surface area (Å²) in [5.41, 5.74) is 3.43. The molecule has 2 N–H and O–H groups in total. The van der Waals surface area contributed by atoms with Gasteiger partial charge in [0, 0.05) is 28.3 Å². The van der Waals surface area contributed by atoms with Crippen LogP contribution in [0.5, 0.6) is 0 Å². The summed E-state index contributed by atoms with van der Waals surface area (Å²) in [6.07, 6.45) is 1.69. The second-order valence-electron chi connectivity index (χ2n) is 4.62. The Bertz CT molecular complexity index is 574. The molecule has 0 aromatic heterocycles. The van der Waals surface area contributed by atoms with Gasteiger partial charge in [0.05, 0.1) is 0 Å². The van der Waals surface area contributed by atoms with Gasteiger partial charge in [0.15, 0.2) is 0 Å². The molecule has 0 fully saturated rings. The van der Waals surface area contributed by atoms with E-state index >= 15 is 0 Å². The third-order valence-corrected chi connectivity index (χ3v) is 4.05. The van der Waals surface area contributed by atoms with Gasteiger partial charge in [-0.15, -0.1) is 0 Å². The summed E-state index contributed by atoms with van der Waals surface area (Å²) in [5, 5.41) is 13.0. The van der Waals surface area contributed by atoms with E-state index < -0.39 is 0 Å². The maximum Gasteiger partial charge on any atom is 0.0434 e. The highest BCUT2D eigenvalue weighted by molar-refractivity contribution is 9.10. The number of rotatable bonds is 6. The van der Waals surface area contributed by atoms with E-state index in [1.54, 1.807) is 0 Å². The van der Waals surface area contributed by atoms with Crippen molar-refractivity contribution in [2.75, 3.05) is 11.9 Å². The van der Waals surface area contributed by atoms with Crippen LogP contribution in [0.4, 0.5) is 5.69 Å². The summed E-state index contributed by atoms with van der Waals surface area (Å²) in [5.74, 6) is 0. The molecule has 2 aromatic carbocycles. The van der Waals surface area contributed by atoms with Gasteiger partial charge in [0.2, 0.25) is 0 Å². The van der Waals surface area contributed by atoms with Gasteiger partial charge < -0.3 is 10.4 Å². The Morgan fingerprint density at radius 1 is 1.15 bits per heavy atom.